The average molecular weight is 480 g/mol. The molecule has 1 atom stereocenters. The molecule has 1 amide bonds. The lowest BCUT2D eigenvalue weighted by atomic mass is 9.81. The number of nitrogens with zero attached hydrogens (tertiary/aromatic N) is 2. The van der Waals surface area contributed by atoms with Crippen LogP contribution in [0.25, 0.3) is 6.08 Å². The van der Waals surface area contributed by atoms with Gasteiger partial charge in [-0.2, -0.15) is 0 Å². The van der Waals surface area contributed by atoms with Gasteiger partial charge in [0.2, 0.25) is 5.91 Å². The number of anilines is 1. The van der Waals surface area contributed by atoms with Gasteiger partial charge in [0.25, 0.3) is 0 Å². The van der Waals surface area contributed by atoms with Crippen molar-refractivity contribution in [3.63, 3.8) is 0 Å². The second-order valence-corrected chi connectivity index (χ2v) is 8.05. The van der Waals surface area contributed by atoms with E-state index in [0.717, 1.165) is 51.3 Å². The van der Waals surface area contributed by atoms with Gasteiger partial charge in [0.15, 0.2) is 0 Å². The second kappa shape index (κ2) is 12.3. The molecule has 1 saturated carbocycles. The molecule has 2 fully saturated rings. The van der Waals surface area contributed by atoms with E-state index in [1.165, 1.54) is 6.08 Å². The number of halogens is 3. The highest BCUT2D eigenvalue weighted by atomic mass is 35.5. The van der Waals surface area contributed by atoms with Crippen LogP contribution in [0.2, 0.25) is 5.02 Å². The van der Waals surface area contributed by atoms with Crippen molar-refractivity contribution >= 4 is 60.2 Å². The van der Waals surface area contributed by atoms with Gasteiger partial charge in [-0.1, -0.05) is 11.6 Å². The van der Waals surface area contributed by atoms with Gasteiger partial charge in [0, 0.05) is 37.3 Å². The van der Waals surface area contributed by atoms with Gasteiger partial charge in [-0.25, -0.2) is 9.78 Å². The van der Waals surface area contributed by atoms with E-state index in [4.69, 9.17) is 22.4 Å². The number of nitrogens with two attached hydrogens (primary N) is 1. The zero-order chi connectivity index (χ0) is 20.1. The van der Waals surface area contributed by atoms with Crippen LogP contribution < -0.4 is 11.1 Å². The number of carbonyl (C=O) groups excluding carboxylic acids is 1. The van der Waals surface area contributed by atoms with Crippen molar-refractivity contribution < 1.29 is 14.7 Å². The SMILES string of the molecule is Cl.Cl.NC[C@H]1CC[C@H](C(=O)N2CC[C@@H](Nc3ncc(C=CC(=O)O)cc3Cl)C2)CC1. The molecule has 1 saturated heterocycles. The number of likely N-dealkylation sites (tertiary alicyclic amines) is 1. The molecule has 0 aromatic carbocycles. The molecule has 1 aliphatic heterocycles. The standard InChI is InChI=1S/C20H27ClN4O3.2ClH/c21-17-9-14(3-6-18(26)27)11-23-19(17)24-16-7-8-25(12-16)20(28)15-4-1-13(10-22)2-5-15;;/h3,6,9,11,13,15-16H,1-2,4-5,7-8,10,12,22H2,(H,23,24)(H,26,27);2*1H/t13-,15-,16-;;/m1../s1. The summed E-state index contributed by atoms with van der Waals surface area (Å²) >= 11 is 6.27. The Morgan fingerprint density at radius 2 is 1.97 bits per heavy atom. The summed E-state index contributed by atoms with van der Waals surface area (Å²) < 4.78 is 0. The average Bonchev–Trinajstić information content (AvgIpc) is 3.16. The Labute approximate surface area is 194 Å². The number of hydrogen-bond acceptors (Lipinski definition) is 5. The fourth-order valence-corrected chi connectivity index (χ4v) is 4.22. The Balaban J connectivity index is 0.00000225. The molecular weight excluding hydrogens is 451 g/mol. The normalized spacial score (nSPS) is 23.5. The lowest BCUT2D eigenvalue weighted by molar-refractivity contribution is -0.135. The van der Waals surface area contributed by atoms with E-state index in [1.54, 1.807) is 12.3 Å². The van der Waals surface area contributed by atoms with E-state index in [2.05, 4.69) is 10.3 Å². The number of hydrogen-bond donors (Lipinski definition) is 3. The van der Waals surface area contributed by atoms with Gasteiger partial charge in [-0.05, 0) is 62.3 Å². The van der Waals surface area contributed by atoms with Crippen LogP contribution in [-0.2, 0) is 9.59 Å². The molecule has 1 aromatic heterocycles. The first-order chi connectivity index (χ1) is 13.5. The Kier molecular flexibility index (Phi) is 10.9. The molecule has 168 valence electrons. The summed E-state index contributed by atoms with van der Waals surface area (Å²) in [6.45, 7) is 2.11. The van der Waals surface area contributed by atoms with Crippen LogP contribution in [-0.4, -0.2) is 52.5 Å². The third-order valence-electron chi connectivity index (χ3n) is 5.65. The molecule has 1 aromatic rings. The van der Waals surface area contributed by atoms with Crippen LogP contribution in [0.3, 0.4) is 0 Å². The highest BCUT2D eigenvalue weighted by Gasteiger charge is 2.33. The van der Waals surface area contributed by atoms with Crippen LogP contribution in [0.15, 0.2) is 18.3 Å². The van der Waals surface area contributed by atoms with Crippen LogP contribution in [0.4, 0.5) is 5.82 Å². The quantitative estimate of drug-likeness (QED) is 0.539. The summed E-state index contributed by atoms with van der Waals surface area (Å²) in [6, 6.07) is 1.78. The van der Waals surface area contributed by atoms with Crippen molar-refractivity contribution in [2.75, 3.05) is 25.0 Å². The van der Waals surface area contributed by atoms with E-state index in [1.807, 2.05) is 4.90 Å². The number of aromatic nitrogens is 1. The number of rotatable bonds is 6. The topological polar surface area (TPSA) is 109 Å². The minimum atomic E-state index is -1.02. The summed E-state index contributed by atoms with van der Waals surface area (Å²) in [5, 5.41) is 12.4. The number of carboxylic acids is 1. The van der Waals surface area contributed by atoms with Crippen molar-refractivity contribution in [2.24, 2.45) is 17.6 Å². The molecule has 0 bridgehead atoms. The fraction of sp³-hybridized carbons (Fsp3) is 0.550. The van der Waals surface area contributed by atoms with Crippen LogP contribution in [0.5, 0.6) is 0 Å². The first kappa shape index (κ1) is 26.5. The fourth-order valence-electron chi connectivity index (χ4n) is 3.99. The van der Waals surface area contributed by atoms with Crippen molar-refractivity contribution in [1.29, 1.82) is 0 Å². The zero-order valence-corrected chi connectivity index (χ0v) is 19.0. The molecular formula is C20H29Cl3N4O3. The second-order valence-electron chi connectivity index (χ2n) is 7.64. The lowest BCUT2D eigenvalue weighted by Gasteiger charge is -2.30. The first-order valence-corrected chi connectivity index (χ1v) is 10.2. The molecule has 4 N–H and O–H groups in total. The molecule has 10 heteroatoms. The third kappa shape index (κ3) is 7.01. The van der Waals surface area contributed by atoms with Gasteiger partial charge in [-0.15, -0.1) is 24.8 Å². The molecule has 2 aliphatic rings. The monoisotopic (exact) mass is 478 g/mol. The number of carbonyl (C=O) groups is 2. The predicted molar refractivity (Wildman–Crippen MR) is 124 cm³/mol. The Morgan fingerprint density at radius 1 is 1.27 bits per heavy atom. The van der Waals surface area contributed by atoms with E-state index >= 15 is 0 Å². The maximum Gasteiger partial charge on any atom is 0.328 e. The predicted octanol–water partition coefficient (Wildman–Crippen LogP) is 3.45. The van der Waals surface area contributed by atoms with Crippen LogP contribution in [0.1, 0.15) is 37.7 Å². The van der Waals surface area contributed by atoms with Crippen molar-refractivity contribution in [3.8, 4) is 0 Å². The molecule has 0 spiro atoms. The summed E-state index contributed by atoms with van der Waals surface area (Å²) in [5.74, 6) is 0.484. The molecule has 1 aliphatic carbocycles. The molecule has 3 rings (SSSR count). The van der Waals surface area contributed by atoms with Crippen LogP contribution in [0, 0.1) is 11.8 Å². The maximum atomic E-state index is 12.8. The van der Waals surface area contributed by atoms with E-state index in [0.29, 0.717) is 28.9 Å². The lowest BCUT2D eigenvalue weighted by Crippen LogP contribution is -2.38. The minimum Gasteiger partial charge on any atom is -0.478 e. The summed E-state index contributed by atoms with van der Waals surface area (Å²) in [5.41, 5.74) is 6.36. The van der Waals surface area contributed by atoms with Gasteiger partial charge in [0.1, 0.15) is 5.82 Å². The Bertz CT molecular complexity index is 755. The van der Waals surface area contributed by atoms with Crippen molar-refractivity contribution in [2.45, 2.75) is 38.1 Å². The highest BCUT2D eigenvalue weighted by molar-refractivity contribution is 6.33. The third-order valence-corrected chi connectivity index (χ3v) is 5.94. The number of aliphatic carboxylic acids is 1. The first-order valence-electron chi connectivity index (χ1n) is 9.78. The van der Waals surface area contributed by atoms with E-state index in [9.17, 15) is 9.59 Å². The smallest absolute Gasteiger partial charge is 0.328 e. The largest absolute Gasteiger partial charge is 0.478 e. The number of carboxylic acid groups (broad SMARTS) is 1. The van der Waals surface area contributed by atoms with Gasteiger partial charge < -0.3 is 21.1 Å². The Hall–Kier alpha value is -1.54. The highest BCUT2D eigenvalue weighted by Crippen LogP contribution is 2.31. The van der Waals surface area contributed by atoms with Crippen molar-refractivity contribution in [3.05, 3.63) is 28.9 Å². The summed E-state index contributed by atoms with van der Waals surface area (Å²) in [4.78, 5) is 29.6. The number of amides is 1. The van der Waals surface area contributed by atoms with Gasteiger partial charge in [-0.3, -0.25) is 4.79 Å². The summed E-state index contributed by atoms with van der Waals surface area (Å²) in [7, 11) is 0. The van der Waals surface area contributed by atoms with Crippen molar-refractivity contribution in [1.82, 2.24) is 9.88 Å². The number of nitrogens with one attached hydrogen (secondary N) is 1. The zero-order valence-electron chi connectivity index (χ0n) is 16.6. The Morgan fingerprint density at radius 3 is 2.57 bits per heavy atom. The van der Waals surface area contributed by atoms with E-state index in [-0.39, 0.29) is 42.7 Å². The molecule has 0 radical (unpaired) electrons. The summed E-state index contributed by atoms with van der Waals surface area (Å²) in [6.07, 6.45) is 8.88. The minimum absolute atomic E-state index is 0. The molecule has 2 heterocycles. The van der Waals surface area contributed by atoms with Gasteiger partial charge >= 0.3 is 5.97 Å². The number of pyridine rings is 1. The van der Waals surface area contributed by atoms with Gasteiger partial charge in [0.05, 0.1) is 5.02 Å². The molecule has 30 heavy (non-hydrogen) atoms. The maximum absolute atomic E-state index is 12.8. The molecule has 7 nitrogen and oxygen atoms in total. The van der Waals surface area contributed by atoms with Crippen LogP contribution >= 0.6 is 36.4 Å². The van der Waals surface area contributed by atoms with E-state index < -0.39 is 5.97 Å². The molecule has 0 unspecified atom stereocenters.